The van der Waals surface area contributed by atoms with Gasteiger partial charge in [0.2, 0.25) is 10.0 Å². The van der Waals surface area contributed by atoms with E-state index in [0.717, 1.165) is 10.0 Å². The maximum atomic E-state index is 12.6. The molecule has 0 fully saturated rings. The maximum absolute atomic E-state index is 12.6. The molecule has 0 aromatic heterocycles. The third kappa shape index (κ3) is 3.68. The first kappa shape index (κ1) is 16.3. The lowest BCUT2D eigenvalue weighted by Gasteiger charge is -2.20. The molecule has 2 aromatic rings. The van der Waals surface area contributed by atoms with Crippen LogP contribution in [0.4, 0.5) is 0 Å². The second-order valence-corrected chi connectivity index (χ2v) is 7.83. The molecule has 1 aliphatic rings. The van der Waals surface area contributed by atoms with Crippen LogP contribution in [0.1, 0.15) is 18.5 Å². The molecule has 0 saturated heterocycles. The Balaban J connectivity index is 1.82. The van der Waals surface area contributed by atoms with Crippen molar-refractivity contribution in [2.24, 2.45) is 0 Å². The summed E-state index contributed by atoms with van der Waals surface area (Å²) >= 11 is 3.36. The van der Waals surface area contributed by atoms with Crippen LogP contribution < -0.4 is 14.2 Å². The van der Waals surface area contributed by atoms with Gasteiger partial charge in [0, 0.05) is 16.6 Å². The molecular formula is C16H16BrNO4S. The zero-order valence-electron chi connectivity index (χ0n) is 12.5. The fourth-order valence-electron chi connectivity index (χ4n) is 2.31. The number of ether oxygens (including phenoxy) is 2. The van der Waals surface area contributed by atoms with Crippen molar-refractivity contribution in [2.75, 3.05) is 13.2 Å². The SMILES string of the molecule is C[C@H](NS(=O)(=O)c1ccc2c(c1)OCCO2)c1ccc(Br)cc1. The predicted octanol–water partition coefficient (Wildman–Crippen LogP) is 3.26. The zero-order chi connectivity index (χ0) is 16.4. The molecular weight excluding hydrogens is 382 g/mol. The number of rotatable bonds is 4. The van der Waals surface area contributed by atoms with Crippen LogP contribution in [0.15, 0.2) is 51.8 Å². The standard InChI is InChI=1S/C16H16BrNO4S/c1-11(12-2-4-13(17)5-3-12)18-23(19,20)14-6-7-15-16(10-14)22-9-8-21-15/h2-7,10-11,18H,8-9H2,1H3/t11-/m0/s1. The van der Waals surface area contributed by atoms with Crippen LogP contribution in [0.25, 0.3) is 0 Å². The third-order valence-electron chi connectivity index (χ3n) is 3.53. The summed E-state index contributed by atoms with van der Waals surface area (Å²) in [5, 5.41) is 0. The highest BCUT2D eigenvalue weighted by atomic mass is 79.9. The van der Waals surface area contributed by atoms with Crippen molar-refractivity contribution in [3.05, 3.63) is 52.5 Å². The summed E-state index contributed by atoms with van der Waals surface area (Å²) in [6, 6.07) is 11.8. The molecule has 1 N–H and O–H groups in total. The van der Waals surface area contributed by atoms with Gasteiger partial charge in [0.15, 0.2) is 11.5 Å². The van der Waals surface area contributed by atoms with Gasteiger partial charge in [-0.2, -0.15) is 0 Å². The first-order valence-corrected chi connectivity index (χ1v) is 9.41. The van der Waals surface area contributed by atoms with Gasteiger partial charge < -0.3 is 9.47 Å². The topological polar surface area (TPSA) is 64.6 Å². The van der Waals surface area contributed by atoms with Crippen LogP contribution in [-0.4, -0.2) is 21.6 Å². The van der Waals surface area contributed by atoms with Gasteiger partial charge in [-0.3, -0.25) is 0 Å². The van der Waals surface area contributed by atoms with Crippen LogP contribution >= 0.6 is 15.9 Å². The summed E-state index contributed by atoms with van der Waals surface area (Å²) in [6.07, 6.45) is 0. The highest BCUT2D eigenvalue weighted by Gasteiger charge is 2.21. The molecule has 0 amide bonds. The van der Waals surface area contributed by atoms with Gasteiger partial charge in [0.1, 0.15) is 13.2 Å². The Morgan fingerprint density at radius 3 is 2.39 bits per heavy atom. The summed E-state index contributed by atoms with van der Waals surface area (Å²) in [5.41, 5.74) is 0.884. The van der Waals surface area contributed by atoms with E-state index in [1.165, 1.54) is 12.1 Å². The largest absolute Gasteiger partial charge is 0.486 e. The predicted molar refractivity (Wildman–Crippen MR) is 90.3 cm³/mol. The molecule has 0 unspecified atom stereocenters. The second-order valence-electron chi connectivity index (χ2n) is 5.20. The second kappa shape index (κ2) is 6.51. The number of hydrogen-bond acceptors (Lipinski definition) is 4. The number of sulfonamides is 1. The van der Waals surface area contributed by atoms with E-state index >= 15 is 0 Å². The van der Waals surface area contributed by atoms with Gasteiger partial charge in [-0.15, -0.1) is 0 Å². The normalized spacial score (nSPS) is 15.2. The van der Waals surface area contributed by atoms with E-state index in [9.17, 15) is 8.42 Å². The van der Waals surface area contributed by atoms with Crippen molar-refractivity contribution in [2.45, 2.75) is 17.9 Å². The van der Waals surface area contributed by atoms with Crippen molar-refractivity contribution in [1.82, 2.24) is 4.72 Å². The number of nitrogens with one attached hydrogen (secondary N) is 1. The summed E-state index contributed by atoms with van der Waals surface area (Å²) in [7, 11) is -3.65. The lowest BCUT2D eigenvalue weighted by atomic mass is 10.1. The fraction of sp³-hybridized carbons (Fsp3) is 0.250. The lowest BCUT2D eigenvalue weighted by Crippen LogP contribution is -2.27. The Hall–Kier alpha value is -1.57. The fourth-order valence-corrected chi connectivity index (χ4v) is 3.82. The summed E-state index contributed by atoms with van der Waals surface area (Å²) in [4.78, 5) is 0.158. The van der Waals surface area contributed by atoms with E-state index in [-0.39, 0.29) is 10.9 Å². The van der Waals surface area contributed by atoms with Crippen LogP contribution in [0.3, 0.4) is 0 Å². The van der Waals surface area contributed by atoms with Gasteiger partial charge >= 0.3 is 0 Å². The first-order chi connectivity index (χ1) is 11.0. The van der Waals surface area contributed by atoms with Gasteiger partial charge in [-0.05, 0) is 36.8 Å². The monoisotopic (exact) mass is 397 g/mol. The van der Waals surface area contributed by atoms with E-state index in [2.05, 4.69) is 20.7 Å². The average Bonchev–Trinajstić information content (AvgIpc) is 2.54. The molecule has 0 bridgehead atoms. The summed E-state index contributed by atoms with van der Waals surface area (Å²) in [6.45, 7) is 2.69. The van der Waals surface area contributed by atoms with Crippen LogP contribution in [-0.2, 0) is 10.0 Å². The Morgan fingerprint density at radius 2 is 1.70 bits per heavy atom. The molecule has 1 heterocycles. The van der Waals surface area contributed by atoms with E-state index < -0.39 is 10.0 Å². The van der Waals surface area contributed by atoms with Crippen LogP contribution in [0.2, 0.25) is 0 Å². The van der Waals surface area contributed by atoms with Gasteiger partial charge in [0.05, 0.1) is 4.90 Å². The number of benzene rings is 2. The Bertz CT molecular complexity index is 805. The van der Waals surface area contributed by atoms with Gasteiger partial charge in [0.25, 0.3) is 0 Å². The van der Waals surface area contributed by atoms with Crippen molar-refractivity contribution in [3.63, 3.8) is 0 Å². The molecule has 122 valence electrons. The van der Waals surface area contributed by atoms with Crippen molar-refractivity contribution >= 4 is 26.0 Å². The Morgan fingerprint density at radius 1 is 1.04 bits per heavy atom. The third-order valence-corrected chi connectivity index (χ3v) is 5.59. The molecule has 0 spiro atoms. The molecule has 23 heavy (non-hydrogen) atoms. The summed E-state index contributed by atoms with van der Waals surface area (Å²) in [5.74, 6) is 1.02. The quantitative estimate of drug-likeness (QED) is 0.859. The molecule has 1 aliphatic heterocycles. The molecule has 0 aliphatic carbocycles. The Kier molecular flexibility index (Phi) is 4.61. The first-order valence-electron chi connectivity index (χ1n) is 7.13. The molecule has 0 radical (unpaired) electrons. The number of halogens is 1. The van der Waals surface area contributed by atoms with E-state index in [1.807, 2.05) is 24.3 Å². The van der Waals surface area contributed by atoms with E-state index in [0.29, 0.717) is 24.7 Å². The van der Waals surface area contributed by atoms with Crippen LogP contribution in [0, 0.1) is 0 Å². The highest BCUT2D eigenvalue weighted by molar-refractivity contribution is 9.10. The van der Waals surface area contributed by atoms with Gasteiger partial charge in [-0.25, -0.2) is 13.1 Å². The van der Waals surface area contributed by atoms with Crippen molar-refractivity contribution in [1.29, 1.82) is 0 Å². The molecule has 1 atom stereocenters. The molecule has 7 heteroatoms. The average molecular weight is 398 g/mol. The highest BCUT2D eigenvalue weighted by Crippen LogP contribution is 2.32. The molecule has 0 saturated carbocycles. The number of fused-ring (bicyclic) bond motifs is 1. The van der Waals surface area contributed by atoms with E-state index in [1.54, 1.807) is 13.0 Å². The van der Waals surface area contributed by atoms with Crippen molar-refractivity contribution < 1.29 is 17.9 Å². The van der Waals surface area contributed by atoms with Crippen LogP contribution in [0.5, 0.6) is 11.5 Å². The van der Waals surface area contributed by atoms with E-state index in [4.69, 9.17) is 9.47 Å². The minimum absolute atomic E-state index is 0.158. The van der Waals surface area contributed by atoms with Gasteiger partial charge in [-0.1, -0.05) is 28.1 Å². The molecule has 3 rings (SSSR count). The smallest absolute Gasteiger partial charge is 0.241 e. The zero-order valence-corrected chi connectivity index (χ0v) is 14.9. The summed E-state index contributed by atoms with van der Waals surface area (Å²) < 4.78 is 39.6. The minimum Gasteiger partial charge on any atom is -0.486 e. The Labute approximate surface area is 143 Å². The number of hydrogen-bond donors (Lipinski definition) is 1. The minimum atomic E-state index is -3.65. The molecule has 2 aromatic carbocycles. The van der Waals surface area contributed by atoms with Crippen molar-refractivity contribution in [3.8, 4) is 11.5 Å². The lowest BCUT2D eigenvalue weighted by molar-refractivity contribution is 0.171. The molecule has 5 nitrogen and oxygen atoms in total. The maximum Gasteiger partial charge on any atom is 0.241 e.